The molecule has 0 saturated heterocycles. The summed E-state index contributed by atoms with van der Waals surface area (Å²) >= 11 is 1.71. The Labute approximate surface area is 124 Å². The van der Waals surface area contributed by atoms with Crippen LogP contribution in [0.25, 0.3) is 0 Å². The predicted octanol–water partition coefficient (Wildman–Crippen LogP) is 4.11. The van der Waals surface area contributed by atoms with E-state index < -0.39 is 0 Å². The first-order valence-electron chi connectivity index (χ1n) is 6.84. The molecule has 20 heavy (non-hydrogen) atoms. The minimum atomic E-state index is -0.203. The van der Waals surface area contributed by atoms with Gasteiger partial charge in [0.25, 0.3) is 0 Å². The quantitative estimate of drug-likeness (QED) is 0.897. The number of benzene rings is 1. The Morgan fingerprint density at radius 1 is 1.25 bits per heavy atom. The molecule has 2 nitrogen and oxygen atoms in total. The van der Waals surface area contributed by atoms with Crippen LogP contribution >= 0.6 is 11.3 Å². The van der Waals surface area contributed by atoms with Gasteiger partial charge in [-0.3, -0.25) is 0 Å². The number of rotatable bonds is 5. The zero-order valence-electron chi connectivity index (χ0n) is 12.4. The Morgan fingerprint density at radius 2 is 1.90 bits per heavy atom. The molecule has 0 spiro atoms. The summed E-state index contributed by atoms with van der Waals surface area (Å²) in [6.07, 6.45) is 1.93. The number of nitrogens with one attached hydrogen (secondary N) is 1. The van der Waals surface area contributed by atoms with E-state index in [0.29, 0.717) is 6.04 Å². The van der Waals surface area contributed by atoms with Crippen molar-refractivity contribution in [1.82, 2.24) is 10.3 Å². The van der Waals surface area contributed by atoms with Crippen molar-refractivity contribution in [3.63, 3.8) is 0 Å². The van der Waals surface area contributed by atoms with Gasteiger partial charge in [-0.2, -0.15) is 0 Å². The lowest BCUT2D eigenvalue weighted by Crippen LogP contribution is -2.21. The van der Waals surface area contributed by atoms with E-state index in [2.05, 4.69) is 38.0 Å². The first-order valence-corrected chi connectivity index (χ1v) is 7.66. The second-order valence-corrected chi connectivity index (χ2v) is 6.91. The van der Waals surface area contributed by atoms with Gasteiger partial charge in [0.05, 0.1) is 0 Å². The molecule has 0 fully saturated rings. The smallest absolute Gasteiger partial charge is 0.123 e. The Kier molecular flexibility index (Phi) is 4.55. The van der Waals surface area contributed by atoms with Gasteiger partial charge in [0, 0.05) is 29.1 Å². The number of hydrogen-bond donors (Lipinski definition) is 1. The molecule has 1 heterocycles. The Hall–Kier alpha value is -1.26. The summed E-state index contributed by atoms with van der Waals surface area (Å²) in [6.45, 7) is 9.35. The van der Waals surface area contributed by atoms with E-state index in [1.165, 1.54) is 17.0 Å². The fourth-order valence-corrected chi connectivity index (χ4v) is 2.96. The monoisotopic (exact) mass is 292 g/mol. The highest BCUT2D eigenvalue weighted by Crippen LogP contribution is 2.34. The summed E-state index contributed by atoms with van der Waals surface area (Å²) in [5.41, 5.74) is 0.880. The Morgan fingerprint density at radius 3 is 2.50 bits per heavy atom. The summed E-state index contributed by atoms with van der Waals surface area (Å²) in [5.74, 6) is -0.203. The highest BCUT2D eigenvalue weighted by molar-refractivity contribution is 7.11. The number of hydrogen-bond acceptors (Lipinski definition) is 3. The van der Waals surface area contributed by atoms with E-state index in [1.54, 1.807) is 11.3 Å². The van der Waals surface area contributed by atoms with Crippen molar-refractivity contribution in [2.75, 3.05) is 0 Å². The van der Waals surface area contributed by atoms with Crippen molar-refractivity contribution >= 4 is 11.3 Å². The average molecular weight is 292 g/mol. The van der Waals surface area contributed by atoms with E-state index >= 15 is 0 Å². The summed E-state index contributed by atoms with van der Waals surface area (Å²) in [7, 11) is 0. The zero-order chi connectivity index (χ0) is 14.8. The molecule has 2 rings (SSSR count). The summed E-state index contributed by atoms with van der Waals surface area (Å²) < 4.78 is 13.0. The molecule has 0 unspecified atom stereocenters. The number of thiazole rings is 1. The van der Waals surface area contributed by atoms with E-state index in [9.17, 15) is 4.39 Å². The maximum atomic E-state index is 13.0. The van der Waals surface area contributed by atoms with Gasteiger partial charge in [-0.25, -0.2) is 9.37 Å². The minimum absolute atomic E-state index is 0.200. The molecule has 1 aromatic carbocycles. The minimum Gasteiger partial charge on any atom is -0.310 e. The normalized spacial score (nSPS) is 12.1. The maximum Gasteiger partial charge on any atom is 0.123 e. The van der Waals surface area contributed by atoms with Gasteiger partial charge in [-0.05, 0) is 31.5 Å². The second-order valence-electron chi connectivity index (χ2n) is 5.80. The largest absolute Gasteiger partial charge is 0.310 e. The third kappa shape index (κ3) is 3.44. The van der Waals surface area contributed by atoms with Gasteiger partial charge >= 0.3 is 0 Å². The maximum absolute atomic E-state index is 13.0. The first-order chi connectivity index (χ1) is 9.39. The zero-order valence-corrected chi connectivity index (χ0v) is 13.2. The molecule has 0 amide bonds. The molecule has 0 bridgehead atoms. The molecule has 0 atom stereocenters. The molecule has 0 aliphatic carbocycles. The van der Waals surface area contributed by atoms with Crippen molar-refractivity contribution < 1.29 is 4.39 Å². The van der Waals surface area contributed by atoms with E-state index in [0.717, 1.165) is 17.1 Å². The third-order valence-electron chi connectivity index (χ3n) is 3.34. The number of nitrogens with zero attached hydrogens (tertiary/aromatic N) is 1. The van der Waals surface area contributed by atoms with Gasteiger partial charge in [0.2, 0.25) is 0 Å². The lowest BCUT2D eigenvalue weighted by molar-refractivity contribution is 0.592. The number of halogens is 1. The SMILES string of the molecule is CC(C)NCc1cnc(C(C)(C)c2ccc(F)cc2)s1. The molecule has 1 N–H and O–H groups in total. The van der Waals surface area contributed by atoms with Gasteiger partial charge in [0.15, 0.2) is 0 Å². The molecule has 0 aliphatic rings. The molecule has 2 aromatic rings. The van der Waals surface area contributed by atoms with Crippen molar-refractivity contribution in [1.29, 1.82) is 0 Å². The summed E-state index contributed by atoms with van der Waals surface area (Å²) in [5, 5.41) is 4.45. The Balaban J connectivity index is 2.19. The van der Waals surface area contributed by atoms with E-state index in [1.807, 2.05) is 18.3 Å². The highest BCUT2D eigenvalue weighted by Gasteiger charge is 2.26. The fourth-order valence-electron chi connectivity index (χ4n) is 1.97. The van der Waals surface area contributed by atoms with Crippen LogP contribution in [0.2, 0.25) is 0 Å². The van der Waals surface area contributed by atoms with Crippen LogP contribution in [0.3, 0.4) is 0 Å². The highest BCUT2D eigenvalue weighted by atomic mass is 32.1. The van der Waals surface area contributed by atoms with Crippen LogP contribution in [0.4, 0.5) is 4.39 Å². The number of aromatic nitrogens is 1. The van der Waals surface area contributed by atoms with Crippen LogP contribution < -0.4 is 5.32 Å². The molecule has 4 heteroatoms. The van der Waals surface area contributed by atoms with Crippen LogP contribution in [0.1, 0.15) is 43.1 Å². The van der Waals surface area contributed by atoms with Gasteiger partial charge in [0.1, 0.15) is 10.8 Å². The van der Waals surface area contributed by atoms with Crippen LogP contribution in [0.5, 0.6) is 0 Å². The third-order valence-corrected chi connectivity index (χ3v) is 4.66. The van der Waals surface area contributed by atoms with Crippen LogP contribution in [0, 0.1) is 5.82 Å². The van der Waals surface area contributed by atoms with Crippen molar-refractivity contribution in [2.45, 2.75) is 45.7 Å². The summed E-state index contributed by atoms with van der Waals surface area (Å²) in [4.78, 5) is 5.78. The Bertz CT molecular complexity index is 558. The topological polar surface area (TPSA) is 24.9 Å². The predicted molar refractivity (Wildman–Crippen MR) is 82.6 cm³/mol. The lowest BCUT2D eigenvalue weighted by Gasteiger charge is -2.22. The molecule has 1 aromatic heterocycles. The molecule has 0 saturated carbocycles. The summed E-state index contributed by atoms with van der Waals surface area (Å²) in [6, 6.07) is 7.15. The van der Waals surface area contributed by atoms with E-state index in [4.69, 9.17) is 0 Å². The van der Waals surface area contributed by atoms with E-state index in [-0.39, 0.29) is 11.2 Å². The van der Waals surface area contributed by atoms with Crippen molar-refractivity contribution in [2.24, 2.45) is 0 Å². The fraction of sp³-hybridized carbons (Fsp3) is 0.438. The molecular weight excluding hydrogens is 271 g/mol. The van der Waals surface area contributed by atoms with Gasteiger partial charge in [-0.15, -0.1) is 11.3 Å². The molecule has 0 aliphatic heterocycles. The van der Waals surface area contributed by atoms with Crippen molar-refractivity contribution in [3.05, 3.63) is 51.7 Å². The molecule has 0 radical (unpaired) electrons. The molecular formula is C16H21FN2S. The lowest BCUT2D eigenvalue weighted by atomic mass is 9.85. The average Bonchev–Trinajstić information content (AvgIpc) is 2.86. The standard InChI is InChI=1S/C16H21FN2S/c1-11(2)18-9-14-10-19-15(20-14)16(3,4)12-5-7-13(17)8-6-12/h5-8,10-11,18H,9H2,1-4H3. The van der Waals surface area contributed by atoms with Gasteiger partial charge in [-0.1, -0.05) is 26.0 Å². The van der Waals surface area contributed by atoms with Crippen LogP contribution in [-0.2, 0) is 12.0 Å². The first kappa shape index (κ1) is 15.1. The second kappa shape index (κ2) is 6.02. The van der Waals surface area contributed by atoms with Crippen LogP contribution in [-0.4, -0.2) is 11.0 Å². The molecule has 108 valence electrons. The van der Waals surface area contributed by atoms with Crippen molar-refractivity contribution in [3.8, 4) is 0 Å². The van der Waals surface area contributed by atoms with Gasteiger partial charge < -0.3 is 5.32 Å². The van der Waals surface area contributed by atoms with Crippen LogP contribution in [0.15, 0.2) is 30.5 Å².